The molecule has 0 saturated carbocycles. The van der Waals surface area contributed by atoms with Gasteiger partial charge < -0.3 is 25.3 Å². The predicted molar refractivity (Wildman–Crippen MR) is 147 cm³/mol. The average Bonchev–Trinajstić information content (AvgIpc) is 3.22. The van der Waals surface area contributed by atoms with Crippen molar-refractivity contribution >= 4 is 67.7 Å². The highest BCUT2D eigenvalue weighted by Gasteiger charge is 2.20. The van der Waals surface area contributed by atoms with Gasteiger partial charge in [-0.1, -0.05) is 33.6 Å². The molecule has 0 aliphatic heterocycles. The Labute approximate surface area is 238 Å². The van der Waals surface area contributed by atoms with Crippen molar-refractivity contribution in [1.29, 1.82) is 0 Å². The zero-order valence-electron chi connectivity index (χ0n) is 20.7. The number of nitrogens with zero attached hydrogens (tertiary/aromatic N) is 2. The SMILES string of the molecule is Cn1c(Nc2cc(CNC(=O)C(F)F)ccc2Cl)nc2cc(C(=O)Nc3ccc(Br)cc3)c(OCC(F)F)cc21. The zero-order chi connectivity index (χ0) is 29.0. The first kappa shape index (κ1) is 29.2. The maximum absolute atomic E-state index is 13.1. The van der Waals surface area contributed by atoms with Crippen molar-refractivity contribution in [3.8, 4) is 5.75 Å². The number of imidazole rings is 1. The molecule has 1 heterocycles. The van der Waals surface area contributed by atoms with Gasteiger partial charge in [0.1, 0.15) is 12.4 Å². The molecule has 14 heteroatoms. The molecule has 4 rings (SSSR count). The van der Waals surface area contributed by atoms with Crippen molar-refractivity contribution in [1.82, 2.24) is 14.9 Å². The minimum atomic E-state index is -3.14. The van der Waals surface area contributed by atoms with Gasteiger partial charge in [-0.15, -0.1) is 0 Å². The molecule has 8 nitrogen and oxygen atoms in total. The zero-order valence-corrected chi connectivity index (χ0v) is 23.0. The molecule has 0 aliphatic rings. The number of nitrogens with one attached hydrogen (secondary N) is 3. The quantitative estimate of drug-likeness (QED) is 0.172. The van der Waals surface area contributed by atoms with E-state index in [1.54, 1.807) is 48.0 Å². The second-order valence-corrected chi connectivity index (χ2v) is 9.78. The van der Waals surface area contributed by atoms with Crippen LogP contribution in [0.2, 0.25) is 5.02 Å². The number of aromatic nitrogens is 2. The Morgan fingerprint density at radius 3 is 2.48 bits per heavy atom. The number of carbonyl (C=O) groups is 2. The van der Waals surface area contributed by atoms with E-state index in [9.17, 15) is 27.2 Å². The summed E-state index contributed by atoms with van der Waals surface area (Å²) in [7, 11) is 1.65. The molecule has 0 unspecified atom stereocenters. The van der Waals surface area contributed by atoms with Crippen LogP contribution < -0.4 is 20.7 Å². The lowest BCUT2D eigenvalue weighted by Gasteiger charge is -2.13. The minimum Gasteiger partial charge on any atom is -0.487 e. The van der Waals surface area contributed by atoms with E-state index in [1.165, 1.54) is 18.2 Å². The van der Waals surface area contributed by atoms with Crippen LogP contribution in [0.1, 0.15) is 15.9 Å². The monoisotopic (exact) mass is 641 g/mol. The van der Waals surface area contributed by atoms with Gasteiger partial charge in [-0.05, 0) is 48.0 Å². The molecule has 0 fully saturated rings. The first-order valence-corrected chi connectivity index (χ1v) is 12.8. The van der Waals surface area contributed by atoms with E-state index in [-0.39, 0.29) is 28.8 Å². The van der Waals surface area contributed by atoms with Gasteiger partial charge in [-0.3, -0.25) is 9.59 Å². The molecule has 0 saturated heterocycles. The smallest absolute Gasteiger partial charge is 0.315 e. The summed E-state index contributed by atoms with van der Waals surface area (Å²) in [5, 5.41) is 8.15. The fourth-order valence-corrected chi connectivity index (χ4v) is 4.11. The minimum absolute atomic E-state index is 0.00415. The van der Waals surface area contributed by atoms with Gasteiger partial charge in [0, 0.05) is 29.8 Å². The molecule has 1 aromatic heterocycles. The molecule has 40 heavy (non-hydrogen) atoms. The number of aryl methyl sites for hydroxylation is 1. The third-order valence-corrected chi connectivity index (χ3v) is 6.49. The molecule has 0 bridgehead atoms. The van der Waals surface area contributed by atoms with Crippen LogP contribution in [0.4, 0.5) is 34.9 Å². The highest BCUT2D eigenvalue weighted by Crippen LogP contribution is 2.32. The number of carbonyl (C=O) groups excluding carboxylic acids is 2. The molecule has 4 aromatic rings. The van der Waals surface area contributed by atoms with Gasteiger partial charge >= 0.3 is 6.43 Å². The van der Waals surface area contributed by atoms with E-state index in [2.05, 4.69) is 36.9 Å². The first-order valence-electron chi connectivity index (χ1n) is 11.6. The summed E-state index contributed by atoms with van der Waals surface area (Å²) in [5.74, 6) is -1.78. The number of amides is 2. The van der Waals surface area contributed by atoms with Crippen molar-refractivity contribution in [3.63, 3.8) is 0 Å². The third kappa shape index (κ3) is 7.02. The molecule has 0 spiro atoms. The Morgan fingerprint density at radius 1 is 1.07 bits per heavy atom. The van der Waals surface area contributed by atoms with E-state index in [4.69, 9.17) is 16.3 Å². The van der Waals surface area contributed by atoms with Crippen LogP contribution in [0.15, 0.2) is 59.1 Å². The number of anilines is 3. The Bertz CT molecular complexity index is 1550. The first-order chi connectivity index (χ1) is 19.0. The van der Waals surface area contributed by atoms with Gasteiger partial charge in [-0.2, -0.15) is 8.78 Å². The summed E-state index contributed by atoms with van der Waals surface area (Å²) < 4.78 is 58.6. The lowest BCUT2D eigenvalue weighted by atomic mass is 10.1. The predicted octanol–water partition coefficient (Wildman–Crippen LogP) is 6.51. The van der Waals surface area contributed by atoms with Crippen LogP contribution in [0.25, 0.3) is 11.0 Å². The van der Waals surface area contributed by atoms with Crippen molar-refractivity contribution in [2.45, 2.75) is 19.4 Å². The summed E-state index contributed by atoms with van der Waals surface area (Å²) in [5.41, 5.74) is 2.15. The van der Waals surface area contributed by atoms with Crippen LogP contribution in [-0.2, 0) is 18.4 Å². The highest BCUT2D eigenvalue weighted by atomic mass is 79.9. The Hall–Kier alpha value is -3.84. The standard InChI is InChI=1S/C26H21BrClF4N5O3/c1-37-20-10-21(40-12-22(29)30)16(24(38)34-15-5-3-14(27)4-6-15)9-19(20)36-26(37)35-18-8-13(2-7-17(18)28)11-33-25(39)23(31)32/h2-10,22-23H,11-12H2,1H3,(H,33,39)(H,34,38)(H,35,36). The number of ether oxygens (including phenoxy) is 1. The van der Waals surface area contributed by atoms with Crippen LogP contribution in [0, 0.1) is 0 Å². The number of rotatable bonds is 10. The summed E-state index contributed by atoms with van der Waals surface area (Å²) >= 11 is 9.62. The summed E-state index contributed by atoms with van der Waals surface area (Å²) in [6.45, 7) is -1.07. The number of fused-ring (bicyclic) bond motifs is 1. The fourth-order valence-electron chi connectivity index (χ4n) is 3.68. The summed E-state index contributed by atoms with van der Waals surface area (Å²) in [6.07, 6.45) is -5.90. The van der Waals surface area contributed by atoms with E-state index < -0.39 is 31.3 Å². The third-order valence-electron chi connectivity index (χ3n) is 5.64. The normalized spacial score (nSPS) is 11.2. The second-order valence-electron chi connectivity index (χ2n) is 8.45. The van der Waals surface area contributed by atoms with Gasteiger partial charge in [0.15, 0.2) is 0 Å². The molecule has 210 valence electrons. The Kier molecular flexibility index (Phi) is 9.15. The maximum atomic E-state index is 13.1. The van der Waals surface area contributed by atoms with Crippen LogP contribution in [0.3, 0.4) is 0 Å². The molecule has 3 N–H and O–H groups in total. The lowest BCUT2D eigenvalue weighted by molar-refractivity contribution is -0.131. The number of alkyl halides is 4. The van der Waals surface area contributed by atoms with Gasteiger partial charge in [0.05, 0.1) is 27.3 Å². The van der Waals surface area contributed by atoms with Crippen LogP contribution in [-0.4, -0.2) is 40.8 Å². The molecule has 3 aromatic carbocycles. The Balaban J connectivity index is 1.65. The fraction of sp³-hybridized carbons (Fsp3) is 0.192. The number of halogens is 6. The van der Waals surface area contributed by atoms with E-state index in [0.717, 1.165) is 4.47 Å². The van der Waals surface area contributed by atoms with Crippen molar-refractivity contribution < 1.29 is 31.9 Å². The van der Waals surface area contributed by atoms with E-state index in [1.807, 2.05) is 0 Å². The van der Waals surface area contributed by atoms with Crippen LogP contribution in [0.5, 0.6) is 5.75 Å². The molecule has 2 amide bonds. The van der Waals surface area contributed by atoms with Crippen molar-refractivity contribution in [3.05, 3.63) is 75.2 Å². The second kappa shape index (κ2) is 12.6. The lowest BCUT2D eigenvalue weighted by Crippen LogP contribution is -2.28. The summed E-state index contributed by atoms with van der Waals surface area (Å²) in [6, 6.07) is 14.3. The largest absolute Gasteiger partial charge is 0.487 e. The summed E-state index contributed by atoms with van der Waals surface area (Å²) in [4.78, 5) is 28.8. The number of benzene rings is 3. The maximum Gasteiger partial charge on any atom is 0.315 e. The van der Waals surface area contributed by atoms with Crippen LogP contribution >= 0.6 is 27.5 Å². The molecule has 0 aliphatic carbocycles. The van der Waals surface area contributed by atoms with Gasteiger partial charge in [0.25, 0.3) is 18.2 Å². The number of hydrogen-bond donors (Lipinski definition) is 3. The van der Waals surface area contributed by atoms with Crippen molar-refractivity contribution in [2.75, 3.05) is 17.2 Å². The molecular weight excluding hydrogens is 622 g/mol. The highest BCUT2D eigenvalue weighted by molar-refractivity contribution is 9.10. The molecular formula is C26H21BrClF4N5O3. The van der Waals surface area contributed by atoms with Gasteiger partial charge in [0.2, 0.25) is 5.95 Å². The average molecular weight is 643 g/mol. The van der Waals surface area contributed by atoms with E-state index in [0.29, 0.717) is 28.0 Å². The van der Waals surface area contributed by atoms with Crippen molar-refractivity contribution in [2.24, 2.45) is 7.05 Å². The Morgan fingerprint density at radius 2 is 1.80 bits per heavy atom. The topological polar surface area (TPSA) is 97.3 Å². The number of hydrogen-bond acceptors (Lipinski definition) is 5. The van der Waals surface area contributed by atoms with E-state index >= 15 is 0 Å². The van der Waals surface area contributed by atoms with Gasteiger partial charge in [-0.25, -0.2) is 13.8 Å². The molecule has 0 radical (unpaired) electrons. The molecule has 0 atom stereocenters.